The summed E-state index contributed by atoms with van der Waals surface area (Å²) in [5, 5.41) is 3.68. The van der Waals surface area contributed by atoms with Crippen LogP contribution in [-0.4, -0.2) is 41.1 Å². The van der Waals surface area contributed by atoms with E-state index in [1.165, 1.54) is 31.5 Å². The van der Waals surface area contributed by atoms with Crippen LogP contribution < -0.4 is 5.32 Å². The molecule has 4 heteroatoms. The number of nitrogens with one attached hydrogen (secondary N) is 1. The molecule has 1 fully saturated rings. The van der Waals surface area contributed by atoms with Crippen molar-refractivity contribution < 1.29 is 0 Å². The van der Waals surface area contributed by atoms with Crippen molar-refractivity contribution in [3.8, 4) is 0 Å². The predicted molar refractivity (Wildman–Crippen MR) is 88.0 cm³/mol. The smallest absolute Gasteiger partial charge is 0.0410 e. The number of hydrogen-bond acceptors (Lipinski definition) is 3. The second-order valence-electron chi connectivity index (χ2n) is 6.17. The molecule has 0 saturated carbocycles. The van der Waals surface area contributed by atoms with Crippen molar-refractivity contribution in [3.63, 3.8) is 0 Å². The van der Waals surface area contributed by atoms with Gasteiger partial charge < -0.3 is 5.32 Å². The van der Waals surface area contributed by atoms with E-state index in [-0.39, 0.29) is 5.54 Å². The molecule has 0 spiro atoms. The minimum Gasteiger partial charge on any atom is -0.312 e. The number of halogens is 1. The Kier molecular flexibility index (Phi) is 5.58. The van der Waals surface area contributed by atoms with E-state index in [4.69, 9.17) is 0 Å². The standard InChI is InChI=1S/C16H26BrN3/c1-4-19-15(10-13-9-14(17)12-18-11-13)16(2,3)20-7-5-6-8-20/h9,11-12,15,19H,4-8,10H2,1-3H3. The Morgan fingerprint density at radius 1 is 1.35 bits per heavy atom. The zero-order chi connectivity index (χ0) is 14.6. The molecule has 1 N–H and O–H groups in total. The summed E-state index contributed by atoms with van der Waals surface area (Å²) in [6.07, 6.45) is 7.51. The Labute approximate surface area is 131 Å². The average molecular weight is 340 g/mol. The van der Waals surface area contributed by atoms with Gasteiger partial charge in [0, 0.05) is 28.4 Å². The van der Waals surface area contributed by atoms with Crippen LogP contribution in [0.5, 0.6) is 0 Å². The van der Waals surface area contributed by atoms with Crippen LogP contribution >= 0.6 is 15.9 Å². The first-order valence-corrected chi connectivity index (χ1v) is 8.41. The summed E-state index contributed by atoms with van der Waals surface area (Å²) in [4.78, 5) is 6.92. The number of hydrogen-bond donors (Lipinski definition) is 1. The fourth-order valence-corrected chi connectivity index (χ4v) is 3.55. The Morgan fingerprint density at radius 3 is 2.65 bits per heavy atom. The summed E-state index contributed by atoms with van der Waals surface area (Å²) in [5.74, 6) is 0. The third-order valence-corrected chi connectivity index (χ3v) is 4.86. The van der Waals surface area contributed by atoms with Gasteiger partial charge in [0.2, 0.25) is 0 Å². The van der Waals surface area contributed by atoms with E-state index in [0.717, 1.165) is 17.4 Å². The van der Waals surface area contributed by atoms with E-state index >= 15 is 0 Å². The van der Waals surface area contributed by atoms with Crippen molar-refractivity contribution >= 4 is 15.9 Å². The molecule has 2 heterocycles. The van der Waals surface area contributed by atoms with E-state index in [9.17, 15) is 0 Å². The lowest BCUT2D eigenvalue weighted by Gasteiger charge is -2.42. The molecule has 0 radical (unpaired) electrons. The summed E-state index contributed by atoms with van der Waals surface area (Å²) in [5.41, 5.74) is 1.46. The quantitative estimate of drug-likeness (QED) is 0.862. The van der Waals surface area contributed by atoms with Gasteiger partial charge in [0.1, 0.15) is 0 Å². The van der Waals surface area contributed by atoms with E-state index in [0.29, 0.717) is 6.04 Å². The van der Waals surface area contributed by atoms with Crippen molar-refractivity contribution in [3.05, 3.63) is 28.5 Å². The summed E-state index contributed by atoms with van der Waals surface area (Å²) >= 11 is 3.51. The summed E-state index contributed by atoms with van der Waals surface area (Å²) in [6.45, 7) is 10.4. The molecule has 2 rings (SSSR count). The number of pyridine rings is 1. The van der Waals surface area contributed by atoms with E-state index in [1.807, 2.05) is 12.4 Å². The van der Waals surface area contributed by atoms with Crippen molar-refractivity contribution in [1.29, 1.82) is 0 Å². The molecule has 1 unspecified atom stereocenters. The highest BCUT2D eigenvalue weighted by Gasteiger charge is 2.36. The topological polar surface area (TPSA) is 28.2 Å². The Balaban J connectivity index is 2.13. The number of rotatable bonds is 6. The van der Waals surface area contributed by atoms with Gasteiger partial charge in [0.05, 0.1) is 0 Å². The lowest BCUT2D eigenvalue weighted by atomic mass is 9.88. The van der Waals surface area contributed by atoms with Gasteiger partial charge in [-0.2, -0.15) is 0 Å². The summed E-state index contributed by atoms with van der Waals surface area (Å²) < 4.78 is 1.06. The maximum Gasteiger partial charge on any atom is 0.0410 e. The van der Waals surface area contributed by atoms with Gasteiger partial charge in [0.15, 0.2) is 0 Å². The molecule has 112 valence electrons. The van der Waals surface area contributed by atoms with Gasteiger partial charge in [-0.1, -0.05) is 6.92 Å². The predicted octanol–water partition coefficient (Wildman–Crippen LogP) is 3.24. The fraction of sp³-hybridized carbons (Fsp3) is 0.688. The number of likely N-dealkylation sites (tertiary alicyclic amines) is 1. The molecule has 1 atom stereocenters. The van der Waals surface area contributed by atoms with Gasteiger partial charge in [-0.05, 0) is 80.3 Å². The molecule has 1 aromatic heterocycles. The van der Waals surface area contributed by atoms with Gasteiger partial charge in [-0.25, -0.2) is 0 Å². The third kappa shape index (κ3) is 3.80. The second kappa shape index (κ2) is 7.01. The lowest BCUT2D eigenvalue weighted by Crippen LogP contribution is -2.57. The first-order chi connectivity index (χ1) is 9.54. The number of nitrogens with zero attached hydrogens (tertiary/aromatic N) is 2. The van der Waals surface area contributed by atoms with Gasteiger partial charge >= 0.3 is 0 Å². The SMILES string of the molecule is CCNC(Cc1cncc(Br)c1)C(C)(C)N1CCCC1. The van der Waals surface area contributed by atoms with Gasteiger partial charge in [-0.15, -0.1) is 0 Å². The molecular weight excluding hydrogens is 314 g/mol. The van der Waals surface area contributed by atoms with Gasteiger partial charge in [0.25, 0.3) is 0 Å². The van der Waals surface area contributed by atoms with Crippen LogP contribution in [0.4, 0.5) is 0 Å². The molecule has 0 aliphatic carbocycles. The molecule has 0 amide bonds. The zero-order valence-electron chi connectivity index (χ0n) is 12.8. The Bertz CT molecular complexity index is 427. The molecule has 0 bridgehead atoms. The first-order valence-electron chi connectivity index (χ1n) is 7.62. The average Bonchev–Trinajstić information content (AvgIpc) is 2.93. The fourth-order valence-electron chi connectivity index (χ4n) is 3.14. The van der Waals surface area contributed by atoms with Gasteiger partial charge in [-0.3, -0.25) is 9.88 Å². The van der Waals surface area contributed by atoms with Crippen LogP contribution in [0.1, 0.15) is 39.2 Å². The van der Waals surface area contributed by atoms with Crippen molar-refractivity contribution in [1.82, 2.24) is 15.2 Å². The number of aromatic nitrogens is 1. The monoisotopic (exact) mass is 339 g/mol. The van der Waals surface area contributed by atoms with Crippen LogP contribution in [-0.2, 0) is 6.42 Å². The van der Waals surface area contributed by atoms with Crippen LogP contribution in [0.15, 0.2) is 22.9 Å². The first kappa shape index (κ1) is 15.9. The molecular formula is C16H26BrN3. The highest BCUT2D eigenvalue weighted by molar-refractivity contribution is 9.10. The minimum absolute atomic E-state index is 0.175. The van der Waals surface area contributed by atoms with E-state index in [1.54, 1.807) is 0 Å². The van der Waals surface area contributed by atoms with E-state index in [2.05, 4.69) is 58.0 Å². The van der Waals surface area contributed by atoms with Crippen LogP contribution in [0.25, 0.3) is 0 Å². The molecule has 1 aliphatic rings. The molecule has 20 heavy (non-hydrogen) atoms. The van der Waals surface area contributed by atoms with Crippen molar-refractivity contribution in [2.24, 2.45) is 0 Å². The van der Waals surface area contributed by atoms with Crippen molar-refractivity contribution in [2.75, 3.05) is 19.6 Å². The third-order valence-electron chi connectivity index (χ3n) is 4.43. The molecule has 1 aliphatic heterocycles. The van der Waals surface area contributed by atoms with Crippen LogP contribution in [0.2, 0.25) is 0 Å². The number of likely N-dealkylation sites (N-methyl/N-ethyl adjacent to an activating group) is 1. The lowest BCUT2D eigenvalue weighted by molar-refractivity contribution is 0.107. The molecule has 1 aromatic rings. The second-order valence-corrected chi connectivity index (χ2v) is 7.09. The maximum absolute atomic E-state index is 4.29. The molecule has 0 aromatic carbocycles. The van der Waals surface area contributed by atoms with Crippen molar-refractivity contribution in [2.45, 2.75) is 51.6 Å². The molecule has 3 nitrogen and oxygen atoms in total. The minimum atomic E-state index is 0.175. The van der Waals surface area contributed by atoms with Crippen LogP contribution in [0, 0.1) is 0 Å². The summed E-state index contributed by atoms with van der Waals surface area (Å²) in [7, 11) is 0. The van der Waals surface area contributed by atoms with E-state index < -0.39 is 0 Å². The van der Waals surface area contributed by atoms with Crippen LogP contribution in [0.3, 0.4) is 0 Å². The molecule has 1 saturated heterocycles. The Morgan fingerprint density at radius 2 is 2.05 bits per heavy atom. The summed E-state index contributed by atoms with van der Waals surface area (Å²) in [6, 6.07) is 2.62. The Hall–Kier alpha value is -0.450. The normalized spacial score (nSPS) is 18.4. The maximum atomic E-state index is 4.29. The largest absolute Gasteiger partial charge is 0.312 e. The highest BCUT2D eigenvalue weighted by Crippen LogP contribution is 2.26. The highest BCUT2D eigenvalue weighted by atomic mass is 79.9. The zero-order valence-corrected chi connectivity index (χ0v) is 14.4.